The summed E-state index contributed by atoms with van der Waals surface area (Å²) in [6.07, 6.45) is 3.88. The lowest BCUT2D eigenvalue weighted by Crippen LogP contribution is -2.10. The third kappa shape index (κ3) is 4.71. The molecule has 0 aliphatic carbocycles. The van der Waals surface area contributed by atoms with Crippen molar-refractivity contribution in [3.8, 4) is 23.1 Å². The quantitative estimate of drug-likeness (QED) is 0.256. The van der Waals surface area contributed by atoms with Crippen LogP contribution in [0.2, 0.25) is 0 Å². The van der Waals surface area contributed by atoms with Gasteiger partial charge in [-0.3, -0.25) is 0 Å². The monoisotopic (exact) mass is 443 g/mol. The standard InChI is InChI=1S/C25H25N5OS/c1-3-14-32-25-29-23(17-8-10-19(31-2)11-9-17)21(15-26)24(30-25)27-13-12-18-16-28-22-7-5-4-6-20(18)22/h4-11,16,28H,3,12-14H2,1-2H3,(H,27,29,30). The van der Waals surface area contributed by atoms with Crippen molar-refractivity contribution >= 4 is 28.5 Å². The third-order valence-electron chi connectivity index (χ3n) is 5.16. The number of fused-ring (bicyclic) bond motifs is 1. The summed E-state index contributed by atoms with van der Waals surface area (Å²) < 4.78 is 5.26. The van der Waals surface area contributed by atoms with Crippen LogP contribution in [0.25, 0.3) is 22.2 Å². The van der Waals surface area contributed by atoms with E-state index in [1.807, 2.05) is 42.6 Å². The fraction of sp³-hybridized carbons (Fsp3) is 0.240. The Hall–Kier alpha value is -3.50. The number of methoxy groups -OCH3 is 1. The predicted molar refractivity (Wildman–Crippen MR) is 130 cm³/mol. The Kier molecular flexibility index (Phi) is 6.93. The number of ether oxygens (including phenoxy) is 1. The van der Waals surface area contributed by atoms with E-state index in [1.165, 1.54) is 10.9 Å². The molecule has 6 nitrogen and oxygen atoms in total. The van der Waals surface area contributed by atoms with Crippen molar-refractivity contribution in [2.75, 3.05) is 24.7 Å². The number of rotatable bonds is 9. The lowest BCUT2D eigenvalue weighted by molar-refractivity contribution is 0.415. The van der Waals surface area contributed by atoms with Crippen LogP contribution in [0.15, 0.2) is 59.9 Å². The summed E-state index contributed by atoms with van der Waals surface area (Å²) >= 11 is 1.60. The Morgan fingerprint density at radius 2 is 1.94 bits per heavy atom. The van der Waals surface area contributed by atoms with Crippen molar-refractivity contribution in [3.63, 3.8) is 0 Å². The molecule has 0 unspecified atom stereocenters. The molecule has 0 atom stereocenters. The number of thioether (sulfide) groups is 1. The minimum atomic E-state index is 0.454. The van der Waals surface area contributed by atoms with E-state index in [1.54, 1.807) is 18.9 Å². The second-order valence-corrected chi connectivity index (χ2v) is 8.37. The van der Waals surface area contributed by atoms with Gasteiger partial charge in [-0.25, -0.2) is 9.97 Å². The number of hydrogen-bond donors (Lipinski definition) is 2. The van der Waals surface area contributed by atoms with Crippen molar-refractivity contribution in [3.05, 3.63) is 65.9 Å². The Morgan fingerprint density at radius 1 is 1.12 bits per heavy atom. The first-order chi connectivity index (χ1) is 15.7. The Bertz CT molecular complexity index is 1240. The molecule has 32 heavy (non-hydrogen) atoms. The average Bonchev–Trinajstić information content (AvgIpc) is 3.25. The highest BCUT2D eigenvalue weighted by Crippen LogP contribution is 2.30. The topological polar surface area (TPSA) is 86.6 Å². The summed E-state index contributed by atoms with van der Waals surface area (Å²) in [5.41, 5.74) is 4.31. The van der Waals surface area contributed by atoms with E-state index in [9.17, 15) is 5.26 Å². The maximum absolute atomic E-state index is 9.95. The predicted octanol–water partition coefficient (Wildman–Crippen LogP) is 5.66. The van der Waals surface area contributed by atoms with E-state index < -0.39 is 0 Å². The fourth-order valence-corrected chi connectivity index (χ4v) is 4.24. The number of nitrogens with one attached hydrogen (secondary N) is 2. The molecule has 0 radical (unpaired) electrons. The van der Waals surface area contributed by atoms with E-state index in [4.69, 9.17) is 9.72 Å². The summed E-state index contributed by atoms with van der Waals surface area (Å²) in [5.74, 6) is 2.26. The zero-order valence-corrected chi connectivity index (χ0v) is 19.0. The van der Waals surface area contributed by atoms with Gasteiger partial charge in [-0.05, 0) is 48.7 Å². The van der Waals surface area contributed by atoms with Crippen LogP contribution in [0.1, 0.15) is 24.5 Å². The van der Waals surface area contributed by atoms with Gasteiger partial charge in [0.15, 0.2) is 5.16 Å². The van der Waals surface area contributed by atoms with Gasteiger partial charge in [-0.2, -0.15) is 5.26 Å². The Labute approximate surface area is 192 Å². The first-order valence-electron chi connectivity index (χ1n) is 10.6. The minimum absolute atomic E-state index is 0.454. The van der Waals surface area contributed by atoms with E-state index >= 15 is 0 Å². The number of H-pyrrole nitrogens is 1. The van der Waals surface area contributed by atoms with Crippen LogP contribution in [0.5, 0.6) is 5.75 Å². The molecule has 0 amide bonds. The fourth-order valence-electron chi connectivity index (χ4n) is 3.54. The van der Waals surface area contributed by atoms with Crippen LogP contribution in [0.4, 0.5) is 5.82 Å². The number of hydrogen-bond acceptors (Lipinski definition) is 6. The molecule has 0 bridgehead atoms. The highest BCUT2D eigenvalue weighted by molar-refractivity contribution is 7.99. The molecule has 0 saturated heterocycles. The average molecular weight is 444 g/mol. The molecule has 0 spiro atoms. The largest absolute Gasteiger partial charge is 0.497 e. The first kappa shape index (κ1) is 21.7. The highest BCUT2D eigenvalue weighted by atomic mass is 32.2. The van der Waals surface area contributed by atoms with E-state index in [2.05, 4.69) is 40.4 Å². The van der Waals surface area contributed by atoms with Crippen LogP contribution in [0, 0.1) is 11.3 Å². The summed E-state index contributed by atoms with van der Waals surface area (Å²) in [6, 6.07) is 18.2. The van der Waals surface area contributed by atoms with Gasteiger partial charge in [0, 0.05) is 35.0 Å². The number of nitrogens with zero attached hydrogens (tertiary/aromatic N) is 3. The number of nitriles is 1. The molecule has 0 aliphatic rings. The van der Waals surface area contributed by atoms with Crippen molar-refractivity contribution < 1.29 is 4.74 Å². The summed E-state index contributed by atoms with van der Waals surface area (Å²) in [6.45, 7) is 2.79. The van der Waals surface area contributed by atoms with Gasteiger partial charge in [-0.1, -0.05) is 36.9 Å². The van der Waals surface area contributed by atoms with E-state index in [0.29, 0.717) is 28.8 Å². The lowest BCUT2D eigenvalue weighted by atomic mass is 10.1. The second-order valence-electron chi connectivity index (χ2n) is 7.30. The van der Waals surface area contributed by atoms with Crippen LogP contribution < -0.4 is 10.1 Å². The van der Waals surface area contributed by atoms with Crippen LogP contribution >= 0.6 is 11.8 Å². The molecule has 4 aromatic rings. The summed E-state index contributed by atoms with van der Waals surface area (Å²) in [5, 5.41) is 15.2. The van der Waals surface area contributed by atoms with Crippen molar-refractivity contribution in [2.45, 2.75) is 24.9 Å². The molecule has 2 aromatic heterocycles. The van der Waals surface area contributed by atoms with Crippen molar-refractivity contribution in [1.29, 1.82) is 5.26 Å². The van der Waals surface area contributed by atoms with E-state index in [-0.39, 0.29) is 0 Å². The van der Waals surface area contributed by atoms with Gasteiger partial charge in [0.05, 0.1) is 12.8 Å². The number of anilines is 1. The first-order valence-corrected chi connectivity index (χ1v) is 11.6. The van der Waals surface area contributed by atoms with Crippen LogP contribution in [-0.4, -0.2) is 34.4 Å². The normalized spacial score (nSPS) is 10.8. The van der Waals surface area contributed by atoms with Gasteiger partial charge in [0.25, 0.3) is 0 Å². The van der Waals surface area contributed by atoms with Crippen LogP contribution in [0.3, 0.4) is 0 Å². The smallest absolute Gasteiger partial charge is 0.190 e. The van der Waals surface area contributed by atoms with Gasteiger partial charge >= 0.3 is 0 Å². The van der Waals surface area contributed by atoms with Crippen LogP contribution in [-0.2, 0) is 6.42 Å². The van der Waals surface area contributed by atoms with Gasteiger partial charge in [0.2, 0.25) is 0 Å². The molecule has 4 rings (SSSR count). The summed E-state index contributed by atoms with van der Waals surface area (Å²) in [7, 11) is 1.63. The molecule has 7 heteroatoms. The van der Waals surface area contributed by atoms with Gasteiger partial charge < -0.3 is 15.0 Å². The molecular formula is C25H25N5OS. The number of aromatic nitrogens is 3. The van der Waals surface area contributed by atoms with E-state index in [0.717, 1.165) is 35.4 Å². The summed E-state index contributed by atoms with van der Waals surface area (Å²) in [4.78, 5) is 12.7. The lowest BCUT2D eigenvalue weighted by Gasteiger charge is -2.13. The van der Waals surface area contributed by atoms with Gasteiger partial charge in [-0.15, -0.1) is 0 Å². The Balaban J connectivity index is 1.62. The highest BCUT2D eigenvalue weighted by Gasteiger charge is 2.17. The molecule has 2 aromatic carbocycles. The number of benzene rings is 2. The molecule has 162 valence electrons. The minimum Gasteiger partial charge on any atom is -0.497 e. The van der Waals surface area contributed by atoms with Crippen molar-refractivity contribution in [2.24, 2.45) is 0 Å². The number of aromatic amines is 1. The molecular weight excluding hydrogens is 418 g/mol. The molecule has 0 saturated carbocycles. The SMILES string of the molecule is CCCSc1nc(NCCc2c[nH]c3ccccc23)c(C#N)c(-c2ccc(OC)cc2)n1. The number of para-hydroxylation sites is 1. The van der Waals surface area contributed by atoms with Crippen molar-refractivity contribution in [1.82, 2.24) is 15.0 Å². The molecule has 2 heterocycles. The zero-order valence-electron chi connectivity index (χ0n) is 18.2. The van der Waals surface area contributed by atoms with Gasteiger partial charge in [0.1, 0.15) is 23.2 Å². The maximum Gasteiger partial charge on any atom is 0.190 e. The third-order valence-corrected chi connectivity index (χ3v) is 6.21. The molecule has 0 aliphatic heterocycles. The Morgan fingerprint density at radius 3 is 2.69 bits per heavy atom. The maximum atomic E-state index is 9.95. The zero-order chi connectivity index (χ0) is 22.3. The second kappa shape index (κ2) is 10.2. The molecule has 0 fully saturated rings. The molecule has 2 N–H and O–H groups in total.